The maximum Gasteiger partial charge on any atom is 0.257 e. The third-order valence-corrected chi connectivity index (χ3v) is 6.61. The second kappa shape index (κ2) is 10.5. The van der Waals surface area contributed by atoms with Crippen molar-refractivity contribution in [3.8, 4) is 0 Å². The summed E-state index contributed by atoms with van der Waals surface area (Å²) in [4.78, 5) is 42.8. The van der Waals surface area contributed by atoms with Gasteiger partial charge in [-0.05, 0) is 36.4 Å². The average molecular weight is 461 g/mol. The zero-order valence-corrected chi connectivity index (χ0v) is 18.1. The molecule has 0 radical (unpaired) electrons. The molecule has 0 aliphatic heterocycles. The number of aromatic nitrogens is 4. The molecule has 0 saturated heterocycles. The van der Waals surface area contributed by atoms with Crippen molar-refractivity contribution in [2.24, 2.45) is 0 Å². The standard InChI is InChI=1S/C22H16N6O2S2/c29-21(27-19-9-11-23-13-25-19)15-5-1-3-7-17(15)31-32-18-8-4-2-6-16(18)22(30)28-20-10-12-24-14-26-20/h1-14H,(H,23,25,27,29)(H,24,26,28,30). The van der Waals surface area contributed by atoms with E-state index in [0.717, 1.165) is 9.79 Å². The molecule has 10 heteroatoms. The van der Waals surface area contributed by atoms with Crippen LogP contribution in [-0.4, -0.2) is 31.8 Å². The molecule has 158 valence electrons. The number of nitrogens with zero attached hydrogens (tertiary/aromatic N) is 4. The van der Waals surface area contributed by atoms with Crippen LogP contribution in [0.4, 0.5) is 11.6 Å². The van der Waals surface area contributed by atoms with Gasteiger partial charge in [0.1, 0.15) is 24.3 Å². The second-order valence-electron chi connectivity index (χ2n) is 6.26. The first-order valence-electron chi connectivity index (χ1n) is 9.38. The molecule has 2 amide bonds. The average Bonchev–Trinajstić information content (AvgIpc) is 2.84. The highest BCUT2D eigenvalue weighted by molar-refractivity contribution is 8.76. The second-order valence-corrected chi connectivity index (χ2v) is 8.47. The Labute approximate surface area is 191 Å². The number of benzene rings is 2. The lowest BCUT2D eigenvalue weighted by molar-refractivity contribution is 0.101. The first kappa shape index (κ1) is 21.5. The Morgan fingerprint density at radius 3 is 1.47 bits per heavy atom. The third kappa shape index (κ3) is 5.48. The summed E-state index contributed by atoms with van der Waals surface area (Å²) in [5.41, 5.74) is 1.01. The molecule has 2 heterocycles. The zero-order chi connectivity index (χ0) is 22.2. The van der Waals surface area contributed by atoms with Crippen LogP contribution in [0.2, 0.25) is 0 Å². The topological polar surface area (TPSA) is 110 Å². The summed E-state index contributed by atoms with van der Waals surface area (Å²) in [6.07, 6.45) is 5.86. The Kier molecular flexibility index (Phi) is 7.05. The van der Waals surface area contributed by atoms with Crippen molar-refractivity contribution in [3.05, 3.63) is 96.8 Å². The molecular formula is C22H16N6O2S2. The van der Waals surface area contributed by atoms with Crippen LogP contribution in [0.25, 0.3) is 0 Å². The highest BCUT2D eigenvalue weighted by Crippen LogP contribution is 2.40. The fourth-order valence-electron chi connectivity index (χ4n) is 2.64. The van der Waals surface area contributed by atoms with Gasteiger partial charge < -0.3 is 10.6 Å². The van der Waals surface area contributed by atoms with Gasteiger partial charge in [-0.15, -0.1) is 0 Å². The van der Waals surface area contributed by atoms with Crippen molar-refractivity contribution in [2.45, 2.75) is 9.79 Å². The quantitative estimate of drug-likeness (QED) is 0.386. The fourth-order valence-corrected chi connectivity index (χ4v) is 5.00. The predicted octanol–water partition coefficient (Wildman–Crippen LogP) is 4.57. The molecule has 2 aromatic heterocycles. The van der Waals surface area contributed by atoms with Gasteiger partial charge in [-0.3, -0.25) is 9.59 Å². The lowest BCUT2D eigenvalue weighted by atomic mass is 10.2. The van der Waals surface area contributed by atoms with Crippen LogP contribution < -0.4 is 10.6 Å². The maximum atomic E-state index is 12.8. The van der Waals surface area contributed by atoms with E-state index in [9.17, 15) is 9.59 Å². The highest BCUT2D eigenvalue weighted by Gasteiger charge is 2.16. The van der Waals surface area contributed by atoms with Crippen molar-refractivity contribution in [3.63, 3.8) is 0 Å². The third-order valence-electron chi connectivity index (χ3n) is 4.13. The van der Waals surface area contributed by atoms with E-state index in [4.69, 9.17) is 0 Å². The number of hydrogen-bond donors (Lipinski definition) is 2. The summed E-state index contributed by atoms with van der Waals surface area (Å²) in [6.45, 7) is 0. The summed E-state index contributed by atoms with van der Waals surface area (Å²) in [5, 5.41) is 5.53. The van der Waals surface area contributed by atoms with Crippen LogP contribution >= 0.6 is 21.6 Å². The lowest BCUT2D eigenvalue weighted by Gasteiger charge is -2.11. The van der Waals surface area contributed by atoms with Gasteiger partial charge in [0.15, 0.2) is 0 Å². The molecule has 8 nitrogen and oxygen atoms in total. The van der Waals surface area contributed by atoms with E-state index in [1.165, 1.54) is 34.2 Å². The maximum absolute atomic E-state index is 12.8. The van der Waals surface area contributed by atoms with Crippen LogP contribution in [0.5, 0.6) is 0 Å². The van der Waals surface area contributed by atoms with Crippen molar-refractivity contribution in [1.29, 1.82) is 0 Å². The largest absolute Gasteiger partial charge is 0.306 e. The predicted molar refractivity (Wildman–Crippen MR) is 125 cm³/mol. The number of nitrogens with one attached hydrogen (secondary N) is 2. The van der Waals surface area contributed by atoms with E-state index >= 15 is 0 Å². The Hall–Kier alpha value is -3.76. The van der Waals surface area contributed by atoms with Gasteiger partial charge in [-0.1, -0.05) is 45.9 Å². The Bertz CT molecular complexity index is 1130. The van der Waals surface area contributed by atoms with E-state index in [1.807, 2.05) is 24.3 Å². The number of carbonyl (C=O) groups excluding carboxylic acids is 2. The van der Waals surface area contributed by atoms with Gasteiger partial charge in [0.2, 0.25) is 0 Å². The SMILES string of the molecule is O=C(Nc1ccncn1)c1ccccc1SSc1ccccc1C(=O)Nc1ccncn1. The number of amides is 2. The highest BCUT2D eigenvalue weighted by atomic mass is 33.1. The van der Waals surface area contributed by atoms with Gasteiger partial charge in [0.05, 0.1) is 11.1 Å². The smallest absolute Gasteiger partial charge is 0.257 e. The van der Waals surface area contributed by atoms with Crippen molar-refractivity contribution in [1.82, 2.24) is 19.9 Å². The van der Waals surface area contributed by atoms with Crippen LogP contribution in [0.1, 0.15) is 20.7 Å². The van der Waals surface area contributed by atoms with Gasteiger partial charge in [-0.2, -0.15) is 0 Å². The minimum atomic E-state index is -0.276. The molecule has 0 aliphatic rings. The normalized spacial score (nSPS) is 10.4. The summed E-state index contributed by atoms with van der Waals surface area (Å²) in [5.74, 6) is 0.290. The Morgan fingerprint density at radius 1 is 0.625 bits per heavy atom. The first-order chi connectivity index (χ1) is 15.7. The molecule has 0 spiro atoms. The molecular weight excluding hydrogens is 444 g/mol. The summed E-state index contributed by atoms with van der Waals surface area (Å²) < 4.78 is 0. The molecule has 0 saturated carbocycles. The van der Waals surface area contributed by atoms with E-state index in [-0.39, 0.29) is 11.8 Å². The summed E-state index contributed by atoms with van der Waals surface area (Å²) in [7, 11) is 2.79. The molecule has 32 heavy (non-hydrogen) atoms. The molecule has 0 fully saturated rings. The van der Waals surface area contributed by atoms with Crippen molar-refractivity contribution in [2.75, 3.05) is 10.6 Å². The van der Waals surface area contributed by atoms with E-state index in [0.29, 0.717) is 22.8 Å². The molecule has 0 bridgehead atoms. The summed E-state index contributed by atoms with van der Waals surface area (Å²) >= 11 is 0. The van der Waals surface area contributed by atoms with E-state index in [2.05, 4.69) is 30.6 Å². The number of anilines is 2. The first-order valence-corrected chi connectivity index (χ1v) is 11.5. The summed E-state index contributed by atoms with van der Waals surface area (Å²) in [6, 6.07) is 17.8. The van der Waals surface area contributed by atoms with E-state index in [1.54, 1.807) is 48.8 Å². The number of carbonyl (C=O) groups is 2. The molecule has 4 rings (SSSR count). The number of hydrogen-bond acceptors (Lipinski definition) is 8. The van der Waals surface area contributed by atoms with Gasteiger partial charge >= 0.3 is 0 Å². The van der Waals surface area contributed by atoms with Gasteiger partial charge in [0.25, 0.3) is 11.8 Å². The fraction of sp³-hybridized carbons (Fsp3) is 0. The van der Waals surface area contributed by atoms with Crippen LogP contribution in [0, 0.1) is 0 Å². The Morgan fingerprint density at radius 2 is 1.06 bits per heavy atom. The van der Waals surface area contributed by atoms with Crippen molar-refractivity contribution < 1.29 is 9.59 Å². The molecule has 2 N–H and O–H groups in total. The number of rotatable bonds is 7. The molecule has 0 atom stereocenters. The van der Waals surface area contributed by atoms with Crippen LogP contribution in [-0.2, 0) is 0 Å². The molecule has 0 aliphatic carbocycles. The molecule has 2 aromatic carbocycles. The monoisotopic (exact) mass is 460 g/mol. The van der Waals surface area contributed by atoms with E-state index < -0.39 is 0 Å². The van der Waals surface area contributed by atoms with Crippen LogP contribution in [0.3, 0.4) is 0 Å². The Balaban J connectivity index is 1.49. The lowest BCUT2D eigenvalue weighted by Crippen LogP contribution is -2.14. The molecule has 0 unspecified atom stereocenters. The zero-order valence-electron chi connectivity index (χ0n) is 16.5. The minimum Gasteiger partial charge on any atom is -0.306 e. The van der Waals surface area contributed by atoms with Gasteiger partial charge in [-0.25, -0.2) is 19.9 Å². The van der Waals surface area contributed by atoms with Gasteiger partial charge in [0, 0.05) is 22.2 Å². The van der Waals surface area contributed by atoms with Crippen molar-refractivity contribution >= 4 is 45.0 Å². The van der Waals surface area contributed by atoms with Crippen LogP contribution in [0.15, 0.2) is 95.5 Å². The molecule has 4 aromatic rings. The minimum absolute atomic E-state index is 0.276.